The summed E-state index contributed by atoms with van der Waals surface area (Å²) in [5.74, 6) is -2.25. The number of rotatable bonds is 9. The maximum absolute atomic E-state index is 13.4. The molecule has 2 heterocycles. The Hall–Kier alpha value is -4.69. The standard InChI is InChI=1S/C30H36FN7O6/c31-22-11-9-21(10-12-22)28(40)32-13-5-4-8-25-30(42)35-26(18-23-19-38(37-36-23)24-6-2-1-3-7-24)29(41)33-14-15-43-16-17-44-20-27(39)34-25/h1-3,6-7,9-12,19,25-26H,4-5,8,13-18,20H2,(H,32,40)(H,33,41)(H,34,39)(H,35,42)/t25-,26+/m0/s1. The number of hydrogen-bond acceptors (Lipinski definition) is 8. The van der Waals surface area contributed by atoms with Crippen molar-refractivity contribution in [2.75, 3.05) is 39.5 Å². The van der Waals surface area contributed by atoms with Crippen LogP contribution in [0.2, 0.25) is 0 Å². The highest BCUT2D eigenvalue weighted by molar-refractivity contribution is 5.94. The molecule has 1 aliphatic heterocycles. The van der Waals surface area contributed by atoms with E-state index in [0.717, 1.165) is 5.69 Å². The van der Waals surface area contributed by atoms with E-state index in [1.165, 1.54) is 24.3 Å². The third-order valence-corrected chi connectivity index (χ3v) is 6.72. The summed E-state index contributed by atoms with van der Waals surface area (Å²) in [6.07, 6.45) is 2.96. The van der Waals surface area contributed by atoms with E-state index >= 15 is 0 Å². The molecule has 14 heteroatoms. The fraction of sp³-hybridized carbons (Fsp3) is 0.400. The largest absolute Gasteiger partial charge is 0.377 e. The Kier molecular flexibility index (Phi) is 12.3. The maximum atomic E-state index is 13.4. The van der Waals surface area contributed by atoms with E-state index in [2.05, 4.69) is 31.6 Å². The Morgan fingerprint density at radius 3 is 2.50 bits per heavy atom. The van der Waals surface area contributed by atoms with E-state index in [9.17, 15) is 23.6 Å². The second-order valence-electron chi connectivity index (χ2n) is 10.1. The van der Waals surface area contributed by atoms with Crippen molar-refractivity contribution >= 4 is 23.6 Å². The van der Waals surface area contributed by atoms with E-state index in [1.807, 2.05) is 30.3 Å². The van der Waals surface area contributed by atoms with E-state index in [0.29, 0.717) is 30.6 Å². The number of carbonyl (C=O) groups excluding carboxylic acids is 4. The number of amides is 4. The van der Waals surface area contributed by atoms with Crippen LogP contribution in [0.5, 0.6) is 0 Å². The molecule has 1 saturated heterocycles. The number of nitrogens with one attached hydrogen (secondary N) is 4. The Morgan fingerprint density at radius 1 is 0.932 bits per heavy atom. The second-order valence-corrected chi connectivity index (χ2v) is 10.1. The number of hydrogen-bond donors (Lipinski definition) is 4. The number of nitrogens with zero attached hydrogens (tertiary/aromatic N) is 3. The van der Waals surface area contributed by atoms with Crippen molar-refractivity contribution in [3.8, 4) is 5.69 Å². The minimum absolute atomic E-state index is 0.0600. The van der Waals surface area contributed by atoms with Gasteiger partial charge in [0, 0.05) is 25.1 Å². The summed E-state index contributed by atoms with van der Waals surface area (Å²) in [5, 5.41) is 19.3. The lowest BCUT2D eigenvalue weighted by Gasteiger charge is -2.23. The fourth-order valence-electron chi connectivity index (χ4n) is 4.43. The van der Waals surface area contributed by atoms with Crippen LogP contribution in [-0.4, -0.2) is 90.2 Å². The third kappa shape index (κ3) is 10.2. The molecule has 2 atom stereocenters. The molecule has 2 aromatic carbocycles. The zero-order chi connectivity index (χ0) is 31.1. The highest BCUT2D eigenvalue weighted by atomic mass is 19.1. The summed E-state index contributed by atoms with van der Waals surface area (Å²) in [7, 11) is 0. The third-order valence-electron chi connectivity index (χ3n) is 6.72. The first-order valence-corrected chi connectivity index (χ1v) is 14.4. The topological polar surface area (TPSA) is 166 Å². The Bertz CT molecular complexity index is 1390. The average molecular weight is 610 g/mol. The molecule has 234 valence electrons. The van der Waals surface area contributed by atoms with Crippen LogP contribution in [0.15, 0.2) is 60.8 Å². The van der Waals surface area contributed by atoms with Crippen molar-refractivity contribution in [2.45, 2.75) is 37.8 Å². The molecule has 0 bridgehead atoms. The van der Waals surface area contributed by atoms with Crippen LogP contribution in [0.3, 0.4) is 0 Å². The van der Waals surface area contributed by atoms with E-state index in [-0.39, 0.29) is 51.7 Å². The predicted molar refractivity (Wildman–Crippen MR) is 156 cm³/mol. The molecular weight excluding hydrogens is 573 g/mol. The molecule has 0 spiro atoms. The summed E-state index contributed by atoms with van der Waals surface area (Å²) >= 11 is 0. The summed E-state index contributed by atoms with van der Waals surface area (Å²) in [6.45, 7) is 0.900. The quantitative estimate of drug-likeness (QED) is 0.257. The van der Waals surface area contributed by atoms with Crippen LogP contribution >= 0.6 is 0 Å². The second kappa shape index (κ2) is 16.8. The maximum Gasteiger partial charge on any atom is 0.251 e. The van der Waals surface area contributed by atoms with Gasteiger partial charge in [-0.15, -0.1) is 5.10 Å². The fourth-order valence-corrected chi connectivity index (χ4v) is 4.43. The lowest BCUT2D eigenvalue weighted by Crippen LogP contribution is -2.55. The molecule has 3 aromatic rings. The number of carbonyl (C=O) groups is 4. The van der Waals surface area contributed by atoms with E-state index < -0.39 is 35.6 Å². The van der Waals surface area contributed by atoms with Gasteiger partial charge in [-0.1, -0.05) is 23.4 Å². The van der Waals surface area contributed by atoms with Crippen LogP contribution in [-0.2, 0) is 30.3 Å². The first-order chi connectivity index (χ1) is 21.4. The van der Waals surface area contributed by atoms with Crippen molar-refractivity contribution in [1.29, 1.82) is 0 Å². The SMILES string of the molecule is O=C1COCCOCCNC(=O)[C@@H](Cc2cn(-c3ccccc3)nn2)NC(=O)[C@H](CCCCNC(=O)c2ccc(F)cc2)N1. The lowest BCUT2D eigenvalue weighted by atomic mass is 10.1. The summed E-state index contributed by atoms with van der Waals surface area (Å²) in [4.78, 5) is 51.4. The van der Waals surface area contributed by atoms with Crippen molar-refractivity contribution in [3.63, 3.8) is 0 Å². The highest BCUT2D eigenvalue weighted by Gasteiger charge is 2.28. The molecule has 0 unspecified atom stereocenters. The van der Waals surface area contributed by atoms with E-state index in [4.69, 9.17) is 9.47 Å². The molecule has 4 amide bonds. The van der Waals surface area contributed by atoms with Gasteiger partial charge in [0.1, 0.15) is 24.5 Å². The van der Waals surface area contributed by atoms with Gasteiger partial charge >= 0.3 is 0 Å². The molecule has 4 rings (SSSR count). The molecule has 1 fully saturated rings. The molecule has 1 aliphatic rings. The van der Waals surface area contributed by atoms with Crippen LogP contribution in [0.25, 0.3) is 5.69 Å². The van der Waals surface area contributed by atoms with Gasteiger partial charge < -0.3 is 30.7 Å². The lowest BCUT2D eigenvalue weighted by molar-refractivity contribution is -0.133. The Balaban J connectivity index is 1.39. The summed E-state index contributed by atoms with van der Waals surface area (Å²) in [6, 6.07) is 12.6. The molecular formula is C30H36FN7O6. The molecule has 44 heavy (non-hydrogen) atoms. The van der Waals surface area contributed by atoms with Crippen LogP contribution in [0.1, 0.15) is 35.3 Å². The van der Waals surface area contributed by atoms with Crippen molar-refractivity contribution in [2.24, 2.45) is 0 Å². The zero-order valence-corrected chi connectivity index (χ0v) is 24.2. The van der Waals surface area contributed by atoms with Crippen molar-refractivity contribution in [1.82, 2.24) is 36.3 Å². The predicted octanol–water partition coefficient (Wildman–Crippen LogP) is 0.682. The molecule has 4 N–H and O–H groups in total. The highest BCUT2D eigenvalue weighted by Crippen LogP contribution is 2.09. The molecule has 1 aromatic heterocycles. The first-order valence-electron chi connectivity index (χ1n) is 14.4. The van der Waals surface area contributed by atoms with Gasteiger partial charge in [0.2, 0.25) is 17.7 Å². The minimum Gasteiger partial charge on any atom is -0.377 e. The zero-order valence-electron chi connectivity index (χ0n) is 24.2. The molecule has 0 radical (unpaired) electrons. The van der Waals surface area contributed by atoms with Crippen molar-refractivity contribution in [3.05, 3.63) is 77.9 Å². The van der Waals surface area contributed by atoms with Gasteiger partial charge in [-0.3, -0.25) is 19.2 Å². The van der Waals surface area contributed by atoms with Crippen LogP contribution in [0.4, 0.5) is 4.39 Å². The molecule has 0 saturated carbocycles. The number of unbranched alkanes of at least 4 members (excludes halogenated alkanes) is 1. The number of ether oxygens (including phenoxy) is 2. The molecule has 13 nitrogen and oxygen atoms in total. The van der Waals surface area contributed by atoms with Gasteiger partial charge in [-0.05, 0) is 55.7 Å². The van der Waals surface area contributed by atoms with Crippen LogP contribution in [0, 0.1) is 5.82 Å². The van der Waals surface area contributed by atoms with Crippen molar-refractivity contribution < 1.29 is 33.0 Å². The Morgan fingerprint density at radius 2 is 1.70 bits per heavy atom. The summed E-state index contributed by atoms with van der Waals surface area (Å²) in [5.41, 5.74) is 1.60. The van der Waals surface area contributed by atoms with Crippen LogP contribution < -0.4 is 21.3 Å². The number of benzene rings is 2. The number of para-hydroxylation sites is 1. The number of aromatic nitrogens is 3. The first kappa shape index (κ1) is 32.2. The van der Waals surface area contributed by atoms with Gasteiger partial charge in [0.15, 0.2) is 0 Å². The smallest absolute Gasteiger partial charge is 0.251 e. The Labute approximate surface area is 253 Å². The summed E-state index contributed by atoms with van der Waals surface area (Å²) < 4.78 is 25.5. The molecule has 0 aliphatic carbocycles. The van der Waals surface area contributed by atoms with Gasteiger partial charge in [-0.25, -0.2) is 9.07 Å². The average Bonchev–Trinajstić information content (AvgIpc) is 3.50. The van der Waals surface area contributed by atoms with Gasteiger partial charge in [-0.2, -0.15) is 0 Å². The normalized spacial score (nSPS) is 18.7. The monoisotopic (exact) mass is 609 g/mol. The number of halogens is 1. The minimum atomic E-state index is -1.00. The van der Waals surface area contributed by atoms with Gasteiger partial charge in [0.25, 0.3) is 5.91 Å². The van der Waals surface area contributed by atoms with E-state index in [1.54, 1.807) is 10.9 Å². The van der Waals surface area contributed by atoms with Gasteiger partial charge in [0.05, 0.1) is 37.4 Å².